The van der Waals surface area contributed by atoms with E-state index in [2.05, 4.69) is 20.2 Å². The molecule has 0 atom stereocenters. The summed E-state index contributed by atoms with van der Waals surface area (Å²) in [5.74, 6) is -6.64. The summed E-state index contributed by atoms with van der Waals surface area (Å²) in [7, 11) is 0. The van der Waals surface area contributed by atoms with E-state index in [9.17, 15) is 35.9 Å². The molecule has 0 fully saturated rings. The van der Waals surface area contributed by atoms with Crippen molar-refractivity contribution in [2.45, 2.75) is 33.2 Å². The number of halogens is 6. The minimum atomic E-state index is -1.10. The average molecular weight is 643 g/mol. The van der Waals surface area contributed by atoms with E-state index in [1.54, 1.807) is 13.8 Å². The lowest BCUT2D eigenvalue weighted by atomic mass is 10.00. The van der Waals surface area contributed by atoms with Gasteiger partial charge in [0.15, 0.2) is 0 Å². The van der Waals surface area contributed by atoms with Crippen LogP contribution in [0.5, 0.6) is 0 Å². The lowest BCUT2D eigenvalue weighted by molar-refractivity contribution is -0.128. The number of hydrogen-bond acceptors (Lipinski definition) is 6. The molecule has 4 heterocycles. The van der Waals surface area contributed by atoms with Gasteiger partial charge in [0.2, 0.25) is 5.91 Å². The Hall–Kier alpha value is -5.54. The topological polar surface area (TPSA) is 104 Å². The fourth-order valence-electron chi connectivity index (χ4n) is 5.14. The van der Waals surface area contributed by atoms with Crippen LogP contribution in [0.15, 0.2) is 66.5 Å². The van der Waals surface area contributed by atoms with E-state index in [4.69, 9.17) is 0 Å². The van der Waals surface area contributed by atoms with Crippen LogP contribution in [0.4, 0.5) is 26.3 Å². The molecule has 2 aromatic carbocycles. The molecule has 3 aromatic heterocycles. The van der Waals surface area contributed by atoms with Crippen molar-refractivity contribution in [1.82, 2.24) is 39.0 Å². The van der Waals surface area contributed by atoms with Crippen LogP contribution in [0.2, 0.25) is 0 Å². The number of hydrogen-bond donors (Lipinski definition) is 0. The molecule has 0 saturated heterocycles. The van der Waals surface area contributed by atoms with Crippen molar-refractivity contribution >= 4 is 17.3 Å². The SMILES string of the molecule is CCN1C(=O)CCC(n2cncn2)=C1c1c(F)cc(F)cc1F.CCn1c(-c2c(F)cc(F)cc2F)c(-n2cncn2)ccc1=O. The largest absolute Gasteiger partial charge is 0.310 e. The Balaban J connectivity index is 0.000000181. The van der Waals surface area contributed by atoms with Crippen LogP contribution in [0, 0.1) is 34.9 Å². The van der Waals surface area contributed by atoms with E-state index in [0.717, 1.165) is 0 Å². The summed E-state index contributed by atoms with van der Waals surface area (Å²) in [5.41, 5.74) is -0.635. The second-order valence-corrected chi connectivity index (χ2v) is 9.75. The van der Waals surface area contributed by atoms with Crippen LogP contribution in [0.3, 0.4) is 0 Å². The highest BCUT2D eigenvalue weighted by atomic mass is 19.2. The first-order chi connectivity index (χ1) is 22.0. The normalized spacial score (nSPS) is 13.2. The molecular weight excluding hydrogens is 618 g/mol. The first kappa shape index (κ1) is 31.9. The van der Waals surface area contributed by atoms with Gasteiger partial charge in [0.05, 0.1) is 33.9 Å². The van der Waals surface area contributed by atoms with E-state index in [0.29, 0.717) is 30.0 Å². The second-order valence-electron chi connectivity index (χ2n) is 9.75. The number of carbonyl (C=O) groups excluding carboxylic acids is 1. The van der Waals surface area contributed by atoms with Crippen molar-refractivity contribution in [3.8, 4) is 16.9 Å². The maximum Gasteiger partial charge on any atom is 0.251 e. The monoisotopic (exact) mass is 642 g/mol. The lowest BCUT2D eigenvalue weighted by Crippen LogP contribution is -2.34. The first-order valence-corrected chi connectivity index (χ1v) is 13.8. The molecule has 10 nitrogen and oxygen atoms in total. The molecule has 0 saturated carbocycles. The lowest BCUT2D eigenvalue weighted by Gasteiger charge is -2.31. The van der Waals surface area contributed by atoms with Crippen LogP contribution in [-0.4, -0.2) is 51.4 Å². The molecule has 0 aliphatic carbocycles. The van der Waals surface area contributed by atoms with Gasteiger partial charge >= 0.3 is 0 Å². The molecule has 5 aromatic rings. The molecule has 46 heavy (non-hydrogen) atoms. The van der Waals surface area contributed by atoms with Gasteiger partial charge in [-0.1, -0.05) is 0 Å². The second kappa shape index (κ2) is 13.2. The van der Waals surface area contributed by atoms with Crippen molar-refractivity contribution in [2.24, 2.45) is 0 Å². The molecule has 0 unspecified atom stereocenters. The number of pyridine rings is 1. The van der Waals surface area contributed by atoms with Crippen molar-refractivity contribution in [3.63, 3.8) is 0 Å². The number of amides is 1. The number of allylic oxidation sites excluding steroid dienone is 1. The third-order valence-corrected chi connectivity index (χ3v) is 7.06. The van der Waals surface area contributed by atoms with Crippen LogP contribution >= 0.6 is 0 Å². The number of nitrogens with zero attached hydrogens (tertiary/aromatic N) is 8. The van der Waals surface area contributed by atoms with Crippen molar-refractivity contribution < 1.29 is 31.1 Å². The third kappa shape index (κ3) is 6.05. The number of rotatable bonds is 6. The Morgan fingerprint density at radius 2 is 1.24 bits per heavy atom. The quantitative estimate of drug-likeness (QED) is 0.236. The van der Waals surface area contributed by atoms with Gasteiger partial charge < -0.3 is 9.47 Å². The zero-order chi connectivity index (χ0) is 33.1. The minimum absolute atomic E-state index is 0.0273. The fraction of sp³-hybridized carbons (Fsp3) is 0.200. The van der Waals surface area contributed by atoms with Gasteiger partial charge in [-0.3, -0.25) is 9.59 Å². The van der Waals surface area contributed by atoms with Gasteiger partial charge in [-0.05, 0) is 19.9 Å². The van der Waals surface area contributed by atoms with Crippen LogP contribution < -0.4 is 5.56 Å². The van der Waals surface area contributed by atoms with Gasteiger partial charge in [0.1, 0.15) is 60.2 Å². The maximum absolute atomic E-state index is 14.3. The van der Waals surface area contributed by atoms with Gasteiger partial charge in [-0.15, -0.1) is 0 Å². The predicted molar refractivity (Wildman–Crippen MR) is 153 cm³/mol. The first-order valence-electron chi connectivity index (χ1n) is 13.8. The van der Waals surface area contributed by atoms with Gasteiger partial charge in [0, 0.05) is 56.3 Å². The van der Waals surface area contributed by atoms with Gasteiger partial charge in [-0.2, -0.15) is 10.2 Å². The summed E-state index contributed by atoms with van der Waals surface area (Å²) in [4.78, 5) is 33.1. The van der Waals surface area contributed by atoms with Crippen molar-refractivity contribution in [2.75, 3.05) is 6.54 Å². The molecule has 16 heteroatoms. The average Bonchev–Trinajstić information content (AvgIpc) is 3.73. The highest BCUT2D eigenvalue weighted by molar-refractivity contribution is 5.97. The summed E-state index contributed by atoms with van der Waals surface area (Å²) < 4.78 is 87.2. The standard InChI is InChI=1S/C15H13F3N4O.C15H11F3N4O/c2*1-2-21-13(23)4-3-12(22-8-19-7-20-22)15(21)14-10(17)5-9(16)6-11(14)18/h5-8H,2-4H2,1H3;3-8H,2H2,1H3. The van der Waals surface area contributed by atoms with E-state index in [1.165, 1.54) is 56.3 Å². The molecule has 1 aliphatic rings. The van der Waals surface area contributed by atoms with Crippen molar-refractivity contribution in [1.29, 1.82) is 0 Å². The Bertz CT molecular complexity index is 1950. The van der Waals surface area contributed by atoms with Crippen molar-refractivity contribution in [3.05, 3.63) is 113 Å². The maximum atomic E-state index is 14.3. The van der Waals surface area contributed by atoms with Crippen LogP contribution in [0.25, 0.3) is 28.3 Å². The Kier molecular flexibility index (Phi) is 9.16. The van der Waals surface area contributed by atoms with E-state index >= 15 is 0 Å². The van der Waals surface area contributed by atoms with Crippen LogP contribution in [0.1, 0.15) is 32.3 Å². The Labute approximate surface area is 256 Å². The molecule has 238 valence electrons. The summed E-state index contributed by atoms with van der Waals surface area (Å²) in [5, 5.41) is 7.90. The number of aromatic nitrogens is 7. The number of benzene rings is 2. The zero-order valence-electron chi connectivity index (χ0n) is 24.3. The zero-order valence-corrected chi connectivity index (χ0v) is 24.3. The van der Waals surface area contributed by atoms with Gasteiger partial charge in [-0.25, -0.2) is 45.7 Å². The summed E-state index contributed by atoms with van der Waals surface area (Å²) >= 11 is 0. The molecule has 0 bridgehead atoms. The minimum Gasteiger partial charge on any atom is -0.310 e. The number of carbonyl (C=O) groups is 1. The molecule has 0 spiro atoms. The summed E-state index contributed by atoms with van der Waals surface area (Å²) in [6.07, 6.45) is 5.71. The molecule has 6 rings (SSSR count). The van der Waals surface area contributed by atoms with E-state index < -0.39 is 51.6 Å². The highest BCUT2D eigenvalue weighted by Crippen LogP contribution is 2.36. The predicted octanol–water partition coefficient (Wildman–Crippen LogP) is 5.20. The molecule has 1 amide bonds. The fourth-order valence-corrected chi connectivity index (χ4v) is 5.14. The molecule has 0 N–H and O–H groups in total. The smallest absolute Gasteiger partial charge is 0.251 e. The van der Waals surface area contributed by atoms with Crippen LogP contribution in [-0.2, 0) is 11.3 Å². The molecule has 1 aliphatic heterocycles. The third-order valence-electron chi connectivity index (χ3n) is 7.06. The molecule has 0 radical (unpaired) electrons. The van der Waals surface area contributed by atoms with Gasteiger partial charge in [0.25, 0.3) is 5.56 Å². The summed E-state index contributed by atoms with van der Waals surface area (Å²) in [6, 6.07) is 4.99. The Morgan fingerprint density at radius 1 is 0.696 bits per heavy atom. The summed E-state index contributed by atoms with van der Waals surface area (Å²) in [6.45, 7) is 3.76. The highest BCUT2D eigenvalue weighted by Gasteiger charge is 2.32. The molecular formula is C30H24F6N8O2. The Morgan fingerprint density at radius 3 is 1.74 bits per heavy atom. The van der Waals surface area contributed by atoms with E-state index in [-0.39, 0.29) is 48.9 Å². The van der Waals surface area contributed by atoms with E-state index in [1.807, 2.05) is 0 Å².